The van der Waals surface area contributed by atoms with Crippen LogP contribution in [0.25, 0.3) is 5.78 Å². The van der Waals surface area contributed by atoms with Crippen LogP contribution in [0, 0.1) is 5.92 Å². The minimum atomic E-state index is -0.626. The lowest BCUT2D eigenvalue weighted by molar-refractivity contribution is 0.00427. The van der Waals surface area contributed by atoms with E-state index in [1.54, 1.807) is 4.52 Å². The molecule has 0 amide bonds. The molecule has 3 rings (SSSR count). The summed E-state index contributed by atoms with van der Waals surface area (Å²) in [6.07, 6.45) is 2.40. The first kappa shape index (κ1) is 12.3. The first-order valence-electron chi connectivity index (χ1n) is 6.66. The van der Waals surface area contributed by atoms with Crippen LogP contribution < -0.4 is 4.90 Å². The molecule has 0 aliphatic carbocycles. The second-order valence-electron chi connectivity index (χ2n) is 5.69. The van der Waals surface area contributed by atoms with Gasteiger partial charge in [-0.2, -0.15) is 14.6 Å². The molecule has 0 spiro atoms. The minimum Gasteiger partial charge on any atom is -0.390 e. The van der Waals surface area contributed by atoms with Gasteiger partial charge in [-0.1, -0.05) is 6.92 Å². The van der Waals surface area contributed by atoms with Gasteiger partial charge in [0, 0.05) is 30.8 Å². The quantitative estimate of drug-likeness (QED) is 0.889. The van der Waals surface area contributed by atoms with Crippen molar-refractivity contribution in [2.75, 3.05) is 18.0 Å². The number of aromatic nitrogens is 4. The molecule has 0 saturated carbocycles. The zero-order valence-corrected chi connectivity index (χ0v) is 11.5. The number of fused-ring (bicyclic) bond motifs is 1. The minimum absolute atomic E-state index is 0.296. The molecule has 6 heteroatoms. The number of aryl methyl sites for hydroxylation is 1. The molecule has 102 valence electrons. The molecule has 19 heavy (non-hydrogen) atoms. The largest absolute Gasteiger partial charge is 0.390 e. The van der Waals surface area contributed by atoms with Crippen molar-refractivity contribution in [2.24, 2.45) is 5.92 Å². The third kappa shape index (κ3) is 2.06. The lowest BCUT2D eigenvalue weighted by Crippen LogP contribution is -2.56. The number of hydrogen-bond acceptors (Lipinski definition) is 5. The summed E-state index contributed by atoms with van der Waals surface area (Å²) >= 11 is 0. The van der Waals surface area contributed by atoms with Crippen molar-refractivity contribution < 1.29 is 5.11 Å². The summed E-state index contributed by atoms with van der Waals surface area (Å²) < 4.78 is 1.76. The highest BCUT2D eigenvalue weighted by atomic mass is 16.3. The van der Waals surface area contributed by atoms with Crippen LogP contribution in [0.15, 0.2) is 12.4 Å². The van der Waals surface area contributed by atoms with Gasteiger partial charge in [0.05, 0.1) is 5.60 Å². The molecule has 0 radical (unpaired) electrons. The first-order chi connectivity index (χ1) is 8.99. The molecule has 2 aromatic heterocycles. The van der Waals surface area contributed by atoms with Crippen LogP contribution in [0.1, 0.15) is 26.5 Å². The van der Waals surface area contributed by atoms with Gasteiger partial charge in [-0.15, -0.1) is 0 Å². The lowest BCUT2D eigenvalue weighted by atomic mass is 9.84. The number of rotatable bonds is 3. The van der Waals surface area contributed by atoms with Crippen molar-refractivity contribution in [3.8, 4) is 0 Å². The van der Waals surface area contributed by atoms with Crippen LogP contribution in [-0.4, -0.2) is 43.4 Å². The maximum Gasteiger partial charge on any atom is 0.254 e. The molecule has 0 atom stereocenters. The molecule has 1 saturated heterocycles. The molecule has 6 nitrogen and oxygen atoms in total. The van der Waals surface area contributed by atoms with Crippen molar-refractivity contribution in [1.29, 1.82) is 0 Å². The standard InChI is InChI=1S/C13H19N5O/c1-4-10-5-11(18-12(16-10)14-8-15-18)17-6-9(7-17)13(2,3)19/h5,8-9,19H,4,6-7H2,1-3H3. The highest BCUT2D eigenvalue weighted by molar-refractivity contribution is 5.49. The Bertz CT molecular complexity index is 595. The van der Waals surface area contributed by atoms with Gasteiger partial charge in [0.15, 0.2) is 0 Å². The smallest absolute Gasteiger partial charge is 0.254 e. The van der Waals surface area contributed by atoms with Crippen LogP contribution in [0.3, 0.4) is 0 Å². The number of aliphatic hydroxyl groups is 1. The maximum absolute atomic E-state index is 10.0. The van der Waals surface area contributed by atoms with Crippen molar-refractivity contribution in [3.05, 3.63) is 18.1 Å². The third-order valence-corrected chi connectivity index (χ3v) is 3.85. The van der Waals surface area contributed by atoms with Crippen molar-refractivity contribution in [2.45, 2.75) is 32.8 Å². The fraction of sp³-hybridized carbons (Fsp3) is 0.615. The second-order valence-corrected chi connectivity index (χ2v) is 5.69. The molecule has 0 unspecified atom stereocenters. The van der Waals surface area contributed by atoms with Gasteiger partial charge in [0.1, 0.15) is 12.1 Å². The van der Waals surface area contributed by atoms with Gasteiger partial charge < -0.3 is 10.0 Å². The Morgan fingerprint density at radius 1 is 1.42 bits per heavy atom. The normalized spacial score (nSPS) is 16.9. The van der Waals surface area contributed by atoms with Gasteiger partial charge in [-0.3, -0.25) is 0 Å². The van der Waals surface area contributed by atoms with Crippen LogP contribution in [-0.2, 0) is 6.42 Å². The first-order valence-corrected chi connectivity index (χ1v) is 6.66. The number of anilines is 1. The summed E-state index contributed by atoms with van der Waals surface area (Å²) in [4.78, 5) is 10.8. The van der Waals surface area contributed by atoms with Gasteiger partial charge in [-0.25, -0.2) is 4.98 Å². The monoisotopic (exact) mass is 261 g/mol. The van der Waals surface area contributed by atoms with Crippen LogP contribution >= 0.6 is 0 Å². The molecule has 1 fully saturated rings. The molecule has 1 aliphatic heterocycles. The summed E-state index contributed by atoms with van der Waals surface area (Å²) in [5.74, 6) is 1.95. The second kappa shape index (κ2) is 4.16. The van der Waals surface area contributed by atoms with Crippen LogP contribution in [0.5, 0.6) is 0 Å². The third-order valence-electron chi connectivity index (χ3n) is 3.85. The summed E-state index contributed by atoms with van der Waals surface area (Å²) in [6, 6.07) is 2.06. The summed E-state index contributed by atoms with van der Waals surface area (Å²) in [6.45, 7) is 7.49. The molecule has 1 N–H and O–H groups in total. The lowest BCUT2D eigenvalue weighted by Gasteiger charge is -2.46. The van der Waals surface area contributed by atoms with Crippen molar-refractivity contribution in [3.63, 3.8) is 0 Å². The predicted octanol–water partition coefficient (Wildman–Crippen LogP) is 0.894. The van der Waals surface area contributed by atoms with E-state index in [0.717, 1.165) is 31.0 Å². The van der Waals surface area contributed by atoms with Crippen molar-refractivity contribution in [1.82, 2.24) is 19.6 Å². The Morgan fingerprint density at radius 3 is 2.79 bits per heavy atom. The molecule has 0 bridgehead atoms. The van der Waals surface area contributed by atoms with E-state index >= 15 is 0 Å². The van der Waals surface area contributed by atoms with Crippen LogP contribution in [0.4, 0.5) is 5.82 Å². The van der Waals surface area contributed by atoms with E-state index in [2.05, 4.69) is 33.0 Å². The zero-order valence-electron chi connectivity index (χ0n) is 11.5. The van der Waals surface area contributed by atoms with E-state index in [9.17, 15) is 5.11 Å². The Morgan fingerprint density at radius 2 is 2.16 bits per heavy atom. The zero-order chi connectivity index (χ0) is 13.6. The summed E-state index contributed by atoms with van der Waals surface area (Å²) in [7, 11) is 0. The highest BCUT2D eigenvalue weighted by Gasteiger charge is 2.38. The van der Waals surface area contributed by atoms with Gasteiger partial charge >= 0.3 is 0 Å². The SMILES string of the molecule is CCc1cc(N2CC(C(C)(C)O)C2)n2ncnc2n1. The van der Waals surface area contributed by atoms with E-state index in [1.165, 1.54) is 6.33 Å². The number of nitrogens with zero attached hydrogens (tertiary/aromatic N) is 5. The fourth-order valence-corrected chi connectivity index (χ4v) is 2.36. The molecule has 3 heterocycles. The average molecular weight is 261 g/mol. The molecule has 2 aromatic rings. The van der Waals surface area contributed by atoms with Gasteiger partial charge in [0.25, 0.3) is 5.78 Å². The van der Waals surface area contributed by atoms with E-state index < -0.39 is 5.60 Å². The van der Waals surface area contributed by atoms with Crippen LogP contribution in [0.2, 0.25) is 0 Å². The Kier molecular flexibility index (Phi) is 2.70. The molecular formula is C13H19N5O. The van der Waals surface area contributed by atoms with E-state index in [4.69, 9.17) is 0 Å². The average Bonchev–Trinajstić information content (AvgIpc) is 2.72. The van der Waals surface area contributed by atoms with Gasteiger partial charge in [0.2, 0.25) is 0 Å². The van der Waals surface area contributed by atoms with E-state index in [-0.39, 0.29) is 0 Å². The summed E-state index contributed by atoms with van der Waals surface area (Å²) in [5, 5.41) is 14.2. The Balaban J connectivity index is 1.91. The highest BCUT2D eigenvalue weighted by Crippen LogP contribution is 2.31. The van der Waals surface area contributed by atoms with Crippen molar-refractivity contribution >= 4 is 11.6 Å². The Hall–Kier alpha value is -1.69. The maximum atomic E-state index is 10.0. The summed E-state index contributed by atoms with van der Waals surface area (Å²) in [5.41, 5.74) is 0.390. The fourth-order valence-electron chi connectivity index (χ4n) is 2.36. The number of hydrogen-bond donors (Lipinski definition) is 1. The van der Waals surface area contributed by atoms with E-state index in [0.29, 0.717) is 11.7 Å². The topological polar surface area (TPSA) is 66.5 Å². The molecular weight excluding hydrogens is 242 g/mol. The van der Waals surface area contributed by atoms with Gasteiger partial charge in [-0.05, 0) is 20.3 Å². The van der Waals surface area contributed by atoms with E-state index in [1.807, 2.05) is 13.8 Å². The predicted molar refractivity (Wildman–Crippen MR) is 72.2 cm³/mol. The Labute approximate surface area is 112 Å². The molecule has 0 aromatic carbocycles. The molecule has 1 aliphatic rings.